The SMILES string of the molecule is C=Cc1cccc2nc(NC(=O)OCc3ccccc3)n(C)c12.Cn1c(N)nc2cccc(C3CC3)c21.Cn1c(NC(=O)OCc2ccccc2)nc2cccc(C3CC3)c21.[3HH].[U]. The van der Waals surface area contributed by atoms with Crippen LogP contribution in [0.4, 0.5) is 27.4 Å². The number of rotatable bonds is 9. The second-order valence-electron chi connectivity index (χ2n) is 15.3. The second-order valence-corrected chi connectivity index (χ2v) is 15.3. The van der Waals surface area contributed by atoms with Gasteiger partial charge in [-0.3, -0.25) is 10.6 Å². The zero-order chi connectivity index (χ0) is 42.5. The molecule has 2 aliphatic carbocycles. The van der Waals surface area contributed by atoms with E-state index in [0.717, 1.165) is 50.2 Å². The van der Waals surface area contributed by atoms with Gasteiger partial charge < -0.3 is 28.9 Å². The molecule has 3 heterocycles. The summed E-state index contributed by atoms with van der Waals surface area (Å²) in [6, 6.07) is 37.3. The van der Waals surface area contributed by atoms with Crippen molar-refractivity contribution >= 4 is 69.2 Å². The Morgan fingerprint density at radius 1 is 0.629 bits per heavy atom. The minimum absolute atomic E-state index is 0. The number of anilines is 3. The van der Waals surface area contributed by atoms with Crippen molar-refractivity contribution in [1.82, 2.24) is 28.7 Å². The standard InChI is InChI=1S/C19H19N3O2.C18H17N3O2.C11H13N3.U.H2/c1-22-17-15(14-10-11-14)8-5-9-16(17)20-18(22)21-19(23)24-12-13-6-3-2-4-7-13;1-3-14-10-7-11-15-16(14)21(2)17(19-15)20-18(22)23-12-13-8-5-4-6-9-13;1-14-10-8(7-5-6-7)3-2-4-9(10)13-11(14)12;;/h2-9,14H,10-12H2,1H3,(H,20,21,23);3-11H,1,12H2,2H3,(H,19,20,22);2-4,7H,5-6H2,1H3,(H2,12,13);;1H/i;;;;1+2. The van der Waals surface area contributed by atoms with Gasteiger partial charge in [0, 0.05) is 53.7 Å². The number of benzene rings is 5. The van der Waals surface area contributed by atoms with Crippen LogP contribution in [0, 0.1) is 31.1 Å². The number of carbonyl (C=O) groups excluding carboxylic acids is 2. The van der Waals surface area contributed by atoms with Crippen LogP contribution in [0.2, 0.25) is 0 Å². The van der Waals surface area contributed by atoms with E-state index in [1.807, 2.05) is 132 Å². The molecule has 0 saturated heterocycles. The number of carbonyl (C=O) groups is 2. The maximum Gasteiger partial charge on any atom is 0.414 e. The molecule has 62 heavy (non-hydrogen) atoms. The summed E-state index contributed by atoms with van der Waals surface area (Å²) in [5.74, 6) is 2.92. The number of nitrogens with zero attached hydrogens (tertiary/aromatic N) is 6. The maximum atomic E-state index is 12.1. The van der Waals surface area contributed by atoms with Crippen molar-refractivity contribution < 1.29 is 51.6 Å². The number of nitrogens with two attached hydrogens (primary N) is 1. The number of imidazole rings is 3. The van der Waals surface area contributed by atoms with Crippen LogP contribution < -0.4 is 16.4 Å². The largest absolute Gasteiger partial charge is 0.444 e. The van der Waals surface area contributed by atoms with Gasteiger partial charge in [-0.25, -0.2) is 24.5 Å². The number of nitrogen functional groups attached to an aromatic ring is 1. The molecule has 10 rings (SSSR count). The van der Waals surface area contributed by atoms with Gasteiger partial charge in [-0.1, -0.05) is 110 Å². The summed E-state index contributed by atoms with van der Waals surface area (Å²) < 4.78 is 16.2. The minimum atomic E-state index is -0.535. The zero-order valence-electron chi connectivity index (χ0n) is 35.0. The fraction of sp³-hybridized carbons (Fsp3) is 0.229. The van der Waals surface area contributed by atoms with Gasteiger partial charge in [-0.15, -0.1) is 0 Å². The average Bonchev–Trinajstić information content (AvgIpc) is 4.22. The van der Waals surface area contributed by atoms with Crippen LogP contribution in [-0.4, -0.2) is 40.8 Å². The molecule has 2 saturated carbocycles. The van der Waals surface area contributed by atoms with Crippen LogP contribution in [-0.2, 0) is 43.8 Å². The maximum absolute atomic E-state index is 12.1. The van der Waals surface area contributed by atoms with E-state index in [2.05, 4.69) is 50.4 Å². The molecule has 14 heteroatoms. The molecular weight excluding hydrogens is 1000 g/mol. The first-order chi connectivity index (χ1) is 29.7. The Labute approximate surface area is 385 Å². The number of hydrogen-bond donors (Lipinski definition) is 3. The van der Waals surface area contributed by atoms with E-state index in [0.29, 0.717) is 23.8 Å². The number of para-hydroxylation sites is 3. The van der Waals surface area contributed by atoms with Gasteiger partial charge in [-0.05, 0) is 83.5 Å². The second kappa shape index (κ2) is 19.6. The molecule has 0 bridgehead atoms. The number of aromatic nitrogens is 6. The van der Waals surface area contributed by atoms with E-state index in [9.17, 15) is 9.59 Å². The van der Waals surface area contributed by atoms with Gasteiger partial charge in [0.1, 0.15) is 13.2 Å². The zero-order valence-corrected chi connectivity index (χ0v) is 39.2. The van der Waals surface area contributed by atoms with Crippen LogP contribution in [0.1, 0.15) is 66.8 Å². The van der Waals surface area contributed by atoms with Crippen molar-refractivity contribution in [1.29, 1.82) is 0 Å². The molecule has 0 atom stereocenters. The van der Waals surface area contributed by atoms with Crippen molar-refractivity contribution in [3.63, 3.8) is 0 Å². The third kappa shape index (κ3) is 10.0. The number of ether oxygens (including phenoxy) is 2. The number of amides is 2. The molecule has 0 spiro atoms. The number of fused-ring (bicyclic) bond motifs is 3. The van der Waals surface area contributed by atoms with Crippen molar-refractivity contribution in [2.75, 3.05) is 16.4 Å². The van der Waals surface area contributed by atoms with Crippen LogP contribution in [0.15, 0.2) is 122 Å². The fourth-order valence-electron chi connectivity index (χ4n) is 7.45. The molecule has 0 unspecified atom stereocenters. The van der Waals surface area contributed by atoms with Crippen LogP contribution in [0.3, 0.4) is 0 Å². The first-order valence-corrected chi connectivity index (χ1v) is 20.4. The van der Waals surface area contributed by atoms with E-state index in [1.165, 1.54) is 42.3 Å². The van der Waals surface area contributed by atoms with Gasteiger partial charge >= 0.3 is 12.2 Å². The van der Waals surface area contributed by atoms with Crippen LogP contribution >= 0.6 is 0 Å². The monoisotopic (exact) mass is 1060 g/mol. The fourth-order valence-corrected chi connectivity index (χ4v) is 7.45. The molecule has 0 aliphatic heterocycles. The summed E-state index contributed by atoms with van der Waals surface area (Å²) in [5.41, 5.74) is 17.3. The summed E-state index contributed by atoms with van der Waals surface area (Å²) in [5, 5.41) is 5.42. The van der Waals surface area contributed by atoms with E-state index in [-0.39, 0.29) is 45.8 Å². The van der Waals surface area contributed by atoms with Crippen molar-refractivity contribution in [3.8, 4) is 0 Å². The minimum Gasteiger partial charge on any atom is -0.444 e. The molecular formula is C48H51N9O4U. The Kier molecular flexibility index (Phi) is 13.8. The van der Waals surface area contributed by atoms with Crippen molar-refractivity contribution in [2.24, 2.45) is 21.1 Å². The molecule has 4 N–H and O–H groups in total. The Bertz CT molecular complexity index is 2850. The summed E-state index contributed by atoms with van der Waals surface area (Å²) in [6.45, 7) is 4.26. The van der Waals surface area contributed by atoms with Gasteiger partial charge in [0.15, 0.2) is 0 Å². The van der Waals surface area contributed by atoms with Gasteiger partial charge in [0.05, 0.1) is 33.1 Å². The average molecular weight is 1060 g/mol. The third-order valence-corrected chi connectivity index (χ3v) is 10.9. The molecule has 5 aromatic carbocycles. The van der Waals surface area contributed by atoms with E-state index in [4.69, 9.17) is 15.2 Å². The summed E-state index contributed by atoms with van der Waals surface area (Å²) in [7, 11) is 5.75. The molecule has 8 aromatic rings. The van der Waals surface area contributed by atoms with Gasteiger partial charge in [-0.2, -0.15) is 0 Å². The van der Waals surface area contributed by atoms with Crippen molar-refractivity contribution in [3.05, 3.63) is 150 Å². The van der Waals surface area contributed by atoms with Crippen LogP contribution in [0.25, 0.3) is 39.2 Å². The Balaban J connectivity index is 0.000000160. The summed E-state index contributed by atoms with van der Waals surface area (Å²) in [4.78, 5) is 37.3. The van der Waals surface area contributed by atoms with Crippen molar-refractivity contribution in [2.45, 2.75) is 50.7 Å². The van der Waals surface area contributed by atoms with E-state index in [1.54, 1.807) is 6.08 Å². The first kappa shape index (κ1) is 43.7. The molecule has 3 aromatic heterocycles. The predicted octanol–water partition coefficient (Wildman–Crippen LogP) is 10.4. The molecule has 0 radical (unpaired) electrons. The summed E-state index contributed by atoms with van der Waals surface area (Å²) >= 11 is 0. The normalized spacial score (nSPS) is 13.0. The number of aryl methyl sites for hydroxylation is 3. The number of nitrogens with one attached hydrogen (secondary N) is 2. The predicted molar refractivity (Wildman–Crippen MR) is 243 cm³/mol. The van der Waals surface area contributed by atoms with Crippen LogP contribution in [0.5, 0.6) is 0 Å². The topological polar surface area (TPSA) is 156 Å². The summed E-state index contributed by atoms with van der Waals surface area (Å²) in [6.07, 6.45) is 5.81. The van der Waals surface area contributed by atoms with E-state index >= 15 is 0 Å². The Hall–Kier alpha value is -6.36. The smallest absolute Gasteiger partial charge is 0.414 e. The quantitative estimate of drug-likeness (QED) is 0.129. The Morgan fingerprint density at radius 3 is 1.52 bits per heavy atom. The molecule has 2 amide bonds. The number of hydrogen-bond acceptors (Lipinski definition) is 8. The van der Waals surface area contributed by atoms with Gasteiger partial charge in [0.25, 0.3) is 0 Å². The van der Waals surface area contributed by atoms with Gasteiger partial charge in [0.2, 0.25) is 17.8 Å². The Morgan fingerprint density at radius 2 is 1.05 bits per heavy atom. The molecule has 2 fully saturated rings. The van der Waals surface area contributed by atoms with E-state index < -0.39 is 12.2 Å². The molecule has 13 nitrogen and oxygen atoms in total. The first-order valence-electron chi connectivity index (χ1n) is 20.4. The molecule has 316 valence electrons. The third-order valence-electron chi connectivity index (χ3n) is 10.9. The molecule has 2 aliphatic rings.